The number of aliphatic hydroxyl groups is 2. The van der Waals surface area contributed by atoms with Crippen LogP contribution in [0.4, 0.5) is 23.2 Å². The molecule has 4 aromatic carbocycles. The molecule has 0 unspecified atom stereocenters. The second-order valence-corrected chi connectivity index (χ2v) is 24.3. The fourth-order valence-electron chi connectivity index (χ4n) is 9.34. The summed E-state index contributed by atoms with van der Waals surface area (Å²) in [5.41, 5.74) is 1.39. The molecule has 0 saturated carbocycles. The Kier molecular flexibility index (Phi) is 26.0. The Morgan fingerprint density at radius 2 is 1.21 bits per heavy atom. The number of alkyl carbamates (subject to hydrolysis) is 2. The number of nitriles is 2. The van der Waals surface area contributed by atoms with Gasteiger partial charge in [-0.2, -0.15) is 14.8 Å². The van der Waals surface area contributed by atoms with Crippen molar-refractivity contribution in [3.05, 3.63) is 131 Å². The molecule has 8 rings (SSSR count). The van der Waals surface area contributed by atoms with Gasteiger partial charge in [-0.15, -0.1) is 0 Å². The summed E-state index contributed by atoms with van der Waals surface area (Å²) in [4.78, 5) is 36.1. The molecule has 4 aliphatic heterocycles. The highest BCUT2D eigenvalue weighted by Gasteiger charge is 2.45. The summed E-state index contributed by atoms with van der Waals surface area (Å²) in [6.07, 6.45) is -2.52. The topological polar surface area (TPSA) is 277 Å². The number of benzene rings is 4. The van der Waals surface area contributed by atoms with Gasteiger partial charge in [-0.25, -0.2) is 31.6 Å². The number of sulfonamides is 1. The highest BCUT2D eigenvalue weighted by Crippen LogP contribution is 2.34. The molecule has 444 valence electrons. The van der Waals surface area contributed by atoms with Gasteiger partial charge in [0.15, 0.2) is 12.6 Å². The molecule has 0 radical (unpaired) electrons. The van der Waals surface area contributed by atoms with E-state index < -0.39 is 80.1 Å². The van der Waals surface area contributed by atoms with Crippen molar-refractivity contribution in [2.24, 2.45) is 23.7 Å². The van der Waals surface area contributed by atoms with Gasteiger partial charge >= 0.3 is 16.2 Å². The third-order valence-electron chi connectivity index (χ3n) is 13.4. The number of carbonyl (C=O) groups excluding carboxylic acids is 3. The number of halogens is 3. The summed E-state index contributed by atoms with van der Waals surface area (Å²) in [7, 11) is -4.22. The van der Waals surface area contributed by atoms with Crippen molar-refractivity contribution in [3.8, 4) is 12.1 Å². The van der Waals surface area contributed by atoms with E-state index >= 15 is 0 Å². The minimum Gasteiger partial charge on any atom is -0.443 e. The van der Waals surface area contributed by atoms with Gasteiger partial charge in [0.05, 0.1) is 113 Å². The second-order valence-electron chi connectivity index (χ2n) is 20.6. The molecule has 4 saturated heterocycles. The van der Waals surface area contributed by atoms with E-state index in [4.69, 9.17) is 33.7 Å². The van der Waals surface area contributed by atoms with Crippen molar-refractivity contribution >= 4 is 60.8 Å². The lowest BCUT2D eigenvalue weighted by Gasteiger charge is -2.31. The quantitative estimate of drug-likeness (QED) is 0.0285. The maximum absolute atomic E-state index is 13.9. The SMILES string of the molecule is CC(C)CN(C[C@@H](O)[C@H](Cc1ccccc1)NC(=O)O[C@H]1CO[C@H]2OCC[C@H]21)S(=O)(=O)c1ccc(F)c(C#N)c1.CC(C)CNC[C@@H](O)[C@H](Cc1ccccc1)NC(=O)O[C@H]1CO[C@H]2OCC[C@H]21.N#Cc1cc(SOC(=O)I)ccc1F. The van der Waals surface area contributed by atoms with Crippen LogP contribution in [0, 0.1) is 58.0 Å². The van der Waals surface area contributed by atoms with Crippen LogP contribution in [0.5, 0.6) is 0 Å². The Bertz CT molecular complexity index is 2910. The fraction of sp³-hybridized carbons (Fsp3) is 0.491. The molecule has 0 spiro atoms. The van der Waals surface area contributed by atoms with E-state index in [1.165, 1.54) is 34.7 Å². The number of nitrogens with zero attached hydrogens (tertiary/aromatic N) is 3. The highest BCUT2D eigenvalue weighted by atomic mass is 127. The van der Waals surface area contributed by atoms with E-state index in [1.807, 2.05) is 74.5 Å². The van der Waals surface area contributed by atoms with Crippen molar-refractivity contribution in [3.63, 3.8) is 0 Å². The molecule has 20 nitrogen and oxygen atoms in total. The smallest absolute Gasteiger partial charge is 0.407 e. The van der Waals surface area contributed by atoms with Gasteiger partial charge in [0.2, 0.25) is 10.0 Å². The van der Waals surface area contributed by atoms with Gasteiger partial charge in [0.1, 0.15) is 36.0 Å². The monoisotopic (exact) mass is 1290 g/mol. The highest BCUT2D eigenvalue weighted by molar-refractivity contribution is 14.1. The standard InChI is InChI=1S/C28H34FN3O7S.C21H32N2O5.C8H3FINO2S/c1-18(2)15-32(40(35,36)21-8-9-23(29)20(13-21)14-30)16-25(33)24(12-19-6-4-3-5-7-19)31-28(34)39-26-17-38-27-22(26)10-11-37-27;1-14(2)11-22-12-18(24)17(10-15-6-4-3-5-7-15)23-21(25)28-19-13-27-20-16(19)8-9-26-20;9-7-2-1-6(3-5(7)4-11)14-13-8(10)12/h3-9,13,18,22,24-27,33H,10-12,15-17H2,1-2H3,(H,31,34);3-7,14,16-20,22,24H,8-13H2,1-2H3,(H,23,25);1-3H/t22-,24-,25+,26-,27+;16-,17-,18+,19-,20+;/m00./s1. The van der Waals surface area contributed by atoms with E-state index in [1.54, 1.807) is 12.1 Å². The average molecular weight is 1290 g/mol. The minimum atomic E-state index is -4.22. The number of aliphatic hydroxyl groups excluding tert-OH is 2. The van der Waals surface area contributed by atoms with Gasteiger partial charge in [-0.1, -0.05) is 88.4 Å². The van der Waals surface area contributed by atoms with Crippen LogP contribution in [0.25, 0.3) is 0 Å². The van der Waals surface area contributed by atoms with Crippen molar-refractivity contribution in [1.29, 1.82) is 10.5 Å². The maximum Gasteiger partial charge on any atom is 0.407 e. The first-order valence-electron chi connectivity index (χ1n) is 26.7. The van der Waals surface area contributed by atoms with Crippen LogP contribution in [0.3, 0.4) is 0 Å². The third-order valence-corrected chi connectivity index (χ3v) is 16.5. The summed E-state index contributed by atoms with van der Waals surface area (Å²) >= 11 is 2.26. The first-order chi connectivity index (χ1) is 39.2. The van der Waals surface area contributed by atoms with Crippen LogP contribution < -0.4 is 16.0 Å². The molecule has 4 heterocycles. The number of carbonyl (C=O) groups is 3. The predicted octanol–water partition coefficient (Wildman–Crippen LogP) is 7.77. The second kappa shape index (κ2) is 32.5. The van der Waals surface area contributed by atoms with Crippen LogP contribution in [-0.4, -0.2) is 141 Å². The lowest BCUT2D eigenvalue weighted by atomic mass is 10.0. The van der Waals surface area contributed by atoms with Crippen molar-refractivity contribution in [1.82, 2.24) is 20.3 Å². The van der Waals surface area contributed by atoms with E-state index in [-0.39, 0.29) is 66.7 Å². The number of ether oxygens (including phenoxy) is 6. The first kappa shape index (κ1) is 65.6. The molecule has 10 atom stereocenters. The Morgan fingerprint density at radius 3 is 1.70 bits per heavy atom. The number of hydrogen-bond acceptors (Lipinski definition) is 18. The largest absolute Gasteiger partial charge is 0.443 e. The molecule has 0 aromatic heterocycles. The first-order valence-corrected chi connectivity index (χ1v) is 30.0. The van der Waals surface area contributed by atoms with Crippen LogP contribution >= 0.6 is 34.6 Å². The maximum atomic E-state index is 13.9. The van der Waals surface area contributed by atoms with E-state index in [0.29, 0.717) is 50.0 Å². The number of hydrogen-bond donors (Lipinski definition) is 5. The molecule has 25 heteroatoms. The third kappa shape index (κ3) is 20.1. The van der Waals surface area contributed by atoms with Gasteiger partial charge in [-0.3, -0.25) is 0 Å². The van der Waals surface area contributed by atoms with E-state index in [9.17, 15) is 47.1 Å². The normalized spacial score (nSPS) is 21.2. The lowest BCUT2D eigenvalue weighted by molar-refractivity contribution is -0.0909. The molecule has 5 N–H and O–H groups in total. The number of fused-ring (bicyclic) bond motifs is 2. The predicted molar refractivity (Wildman–Crippen MR) is 304 cm³/mol. The molecule has 82 heavy (non-hydrogen) atoms. The van der Waals surface area contributed by atoms with E-state index in [0.717, 1.165) is 64.7 Å². The zero-order valence-corrected chi connectivity index (χ0v) is 49.5. The minimum absolute atomic E-state index is 0.0453. The van der Waals surface area contributed by atoms with E-state index in [2.05, 4.69) is 34.0 Å². The summed E-state index contributed by atoms with van der Waals surface area (Å²) < 4.78 is 92.3. The summed E-state index contributed by atoms with van der Waals surface area (Å²) in [6, 6.07) is 27.9. The van der Waals surface area contributed by atoms with Crippen LogP contribution in [-0.2, 0) is 55.5 Å². The molecular formula is C57H69F2IN6O14S2. The molecule has 0 aliphatic carbocycles. The van der Waals surface area contributed by atoms with Crippen LogP contribution in [0.15, 0.2) is 107 Å². The Hall–Kier alpha value is -5.56. The zero-order valence-electron chi connectivity index (χ0n) is 45.7. The Morgan fingerprint density at radius 1 is 0.707 bits per heavy atom. The summed E-state index contributed by atoms with van der Waals surface area (Å²) in [5, 5.41) is 48.5. The van der Waals surface area contributed by atoms with Gasteiger partial charge in [-0.05, 0) is 91.6 Å². The number of amides is 2. The number of nitrogens with one attached hydrogen (secondary N) is 3. The lowest BCUT2D eigenvalue weighted by Crippen LogP contribution is -2.51. The number of rotatable bonds is 22. The molecule has 2 amide bonds. The van der Waals surface area contributed by atoms with Crippen LogP contribution in [0.1, 0.15) is 62.8 Å². The Balaban J connectivity index is 0.000000222. The molecule has 4 fully saturated rings. The van der Waals surface area contributed by atoms with Crippen molar-refractivity contribution in [2.45, 2.75) is 112 Å². The molecule has 0 bridgehead atoms. The molecular weight excluding hydrogens is 1220 g/mol. The Labute approximate surface area is 494 Å². The van der Waals surface area contributed by atoms with Gasteiger partial charge < -0.3 is 58.8 Å². The fourth-order valence-corrected chi connectivity index (χ4v) is 11.7. The van der Waals surface area contributed by atoms with Crippen molar-refractivity contribution in [2.75, 3.05) is 52.6 Å². The van der Waals surface area contributed by atoms with Gasteiger partial charge in [0.25, 0.3) is 0 Å². The molecule has 4 aromatic rings. The zero-order chi connectivity index (χ0) is 59.3. The average Bonchev–Trinajstić information content (AvgIpc) is 4.29. The van der Waals surface area contributed by atoms with Crippen LogP contribution in [0.2, 0.25) is 0 Å². The molecule has 4 aliphatic rings. The van der Waals surface area contributed by atoms with Crippen molar-refractivity contribution < 1.29 is 74.4 Å². The van der Waals surface area contributed by atoms with Gasteiger partial charge in [0, 0.05) is 24.5 Å². The summed E-state index contributed by atoms with van der Waals surface area (Å²) in [6.45, 7) is 10.5. The summed E-state index contributed by atoms with van der Waals surface area (Å²) in [5.74, 6) is -1.02.